The number of ether oxygens (including phenoxy) is 1. The quantitative estimate of drug-likeness (QED) is 0.338. The van der Waals surface area contributed by atoms with E-state index in [1.807, 2.05) is 60.7 Å². The third-order valence-corrected chi connectivity index (χ3v) is 5.35. The highest BCUT2D eigenvalue weighted by molar-refractivity contribution is 6.09. The second-order valence-electron chi connectivity index (χ2n) is 7.06. The number of pyridine rings is 2. The molecule has 0 bridgehead atoms. The van der Waals surface area contributed by atoms with Crippen molar-refractivity contribution in [1.29, 1.82) is 0 Å². The first kappa shape index (κ1) is 16.0. The second kappa shape index (κ2) is 6.28. The topological polar surface area (TPSA) is 35.0 Å². The zero-order valence-corrected chi connectivity index (χ0v) is 15.5. The van der Waals surface area contributed by atoms with Gasteiger partial charge in [-0.3, -0.25) is 4.98 Å². The van der Waals surface area contributed by atoms with Crippen molar-refractivity contribution in [2.75, 3.05) is 0 Å². The van der Waals surface area contributed by atoms with E-state index in [0.29, 0.717) is 0 Å². The van der Waals surface area contributed by atoms with Crippen LogP contribution in [0.1, 0.15) is 0 Å². The molecular weight excluding hydrogens is 356 g/mol. The van der Waals surface area contributed by atoms with Crippen LogP contribution >= 0.6 is 0 Å². The van der Waals surface area contributed by atoms with Crippen LogP contribution in [0.3, 0.4) is 0 Å². The highest BCUT2D eigenvalue weighted by Crippen LogP contribution is 2.48. The minimum Gasteiger partial charge on any atom is -0.456 e. The standard InChI is InChI=1S/C26H16N2O/c1-2-13-24-18(7-1)20-9-5-8-19-17(14-15-25(29-24)26(19)20)21-11-6-12-23(28-21)22-10-3-4-16-27-22/h1-16H. The van der Waals surface area contributed by atoms with Gasteiger partial charge in [0.05, 0.1) is 17.1 Å². The van der Waals surface area contributed by atoms with Crippen LogP contribution in [0, 0.1) is 0 Å². The molecule has 0 amide bonds. The van der Waals surface area contributed by atoms with Crippen LogP contribution in [0.4, 0.5) is 0 Å². The van der Waals surface area contributed by atoms with Crippen LogP contribution in [-0.4, -0.2) is 9.97 Å². The molecule has 5 aromatic rings. The van der Waals surface area contributed by atoms with Gasteiger partial charge in [-0.15, -0.1) is 0 Å². The summed E-state index contributed by atoms with van der Waals surface area (Å²) in [6, 6.07) is 30.7. The molecule has 0 atom stereocenters. The predicted octanol–water partition coefficient (Wildman–Crippen LogP) is 6.74. The van der Waals surface area contributed by atoms with E-state index in [1.165, 1.54) is 5.56 Å². The van der Waals surface area contributed by atoms with Crippen molar-refractivity contribution in [3.63, 3.8) is 0 Å². The van der Waals surface area contributed by atoms with Gasteiger partial charge in [0.25, 0.3) is 0 Å². The molecule has 0 radical (unpaired) electrons. The number of hydrogen-bond donors (Lipinski definition) is 0. The van der Waals surface area contributed by atoms with Crippen LogP contribution in [-0.2, 0) is 0 Å². The number of rotatable bonds is 2. The summed E-state index contributed by atoms with van der Waals surface area (Å²) in [5, 5.41) is 2.27. The molecule has 0 aliphatic carbocycles. The molecule has 6 rings (SSSR count). The van der Waals surface area contributed by atoms with Crippen LogP contribution in [0.5, 0.6) is 11.5 Å². The summed E-state index contributed by atoms with van der Waals surface area (Å²) in [5.41, 5.74) is 6.07. The fraction of sp³-hybridized carbons (Fsp3) is 0. The summed E-state index contributed by atoms with van der Waals surface area (Å²) in [5.74, 6) is 1.79. The largest absolute Gasteiger partial charge is 0.456 e. The van der Waals surface area contributed by atoms with Crippen molar-refractivity contribution in [3.8, 4) is 45.3 Å². The predicted molar refractivity (Wildman–Crippen MR) is 116 cm³/mol. The summed E-state index contributed by atoms with van der Waals surface area (Å²) in [6.45, 7) is 0. The van der Waals surface area contributed by atoms with Crippen molar-refractivity contribution in [1.82, 2.24) is 9.97 Å². The van der Waals surface area contributed by atoms with Gasteiger partial charge in [0.15, 0.2) is 0 Å². The van der Waals surface area contributed by atoms with E-state index in [-0.39, 0.29) is 0 Å². The molecule has 0 saturated heterocycles. The van der Waals surface area contributed by atoms with E-state index >= 15 is 0 Å². The zero-order chi connectivity index (χ0) is 19.2. The lowest BCUT2D eigenvalue weighted by Gasteiger charge is -2.22. The molecule has 136 valence electrons. The Balaban J connectivity index is 1.58. The number of hydrogen-bond acceptors (Lipinski definition) is 3. The van der Waals surface area contributed by atoms with E-state index in [1.54, 1.807) is 6.20 Å². The van der Waals surface area contributed by atoms with Crippen LogP contribution in [0.15, 0.2) is 97.2 Å². The molecule has 1 aliphatic heterocycles. The Labute approximate surface area is 168 Å². The minimum atomic E-state index is 0.866. The minimum absolute atomic E-state index is 0.866. The van der Waals surface area contributed by atoms with Gasteiger partial charge in [-0.2, -0.15) is 0 Å². The molecule has 0 N–H and O–H groups in total. The summed E-state index contributed by atoms with van der Waals surface area (Å²) in [6.07, 6.45) is 1.79. The lowest BCUT2D eigenvalue weighted by molar-refractivity contribution is 0.487. The van der Waals surface area contributed by atoms with Crippen molar-refractivity contribution >= 4 is 10.8 Å². The van der Waals surface area contributed by atoms with Crippen LogP contribution < -0.4 is 4.74 Å². The van der Waals surface area contributed by atoms with Gasteiger partial charge >= 0.3 is 0 Å². The maximum absolute atomic E-state index is 6.20. The molecule has 3 aromatic carbocycles. The van der Waals surface area contributed by atoms with Gasteiger partial charge in [0.1, 0.15) is 11.5 Å². The fourth-order valence-electron chi connectivity index (χ4n) is 4.05. The molecule has 2 aromatic heterocycles. The Hall–Kier alpha value is -3.98. The molecule has 0 saturated carbocycles. The molecule has 3 nitrogen and oxygen atoms in total. The Morgan fingerprint density at radius 2 is 1.31 bits per heavy atom. The first-order chi connectivity index (χ1) is 14.4. The third kappa shape index (κ3) is 2.52. The van der Waals surface area contributed by atoms with E-state index < -0.39 is 0 Å². The van der Waals surface area contributed by atoms with Crippen LogP contribution in [0.25, 0.3) is 44.5 Å². The number of aromatic nitrogens is 2. The van der Waals surface area contributed by atoms with Crippen LogP contribution in [0.2, 0.25) is 0 Å². The summed E-state index contributed by atoms with van der Waals surface area (Å²) >= 11 is 0. The number of benzene rings is 3. The lowest BCUT2D eigenvalue weighted by Crippen LogP contribution is -1.98. The zero-order valence-electron chi connectivity index (χ0n) is 15.5. The molecular formula is C26H16N2O. The van der Waals surface area contributed by atoms with Gasteiger partial charge in [0, 0.05) is 22.7 Å². The average molecular weight is 372 g/mol. The average Bonchev–Trinajstić information content (AvgIpc) is 2.80. The summed E-state index contributed by atoms with van der Waals surface area (Å²) < 4.78 is 6.20. The monoisotopic (exact) mass is 372 g/mol. The highest BCUT2D eigenvalue weighted by Gasteiger charge is 2.21. The third-order valence-electron chi connectivity index (χ3n) is 5.35. The first-order valence-electron chi connectivity index (χ1n) is 9.60. The van der Waals surface area contributed by atoms with Gasteiger partial charge in [-0.05, 0) is 53.4 Å². The summed E-state index contributed by atoms with van der Waals surface area (Å²) in [7, 11) is 0. The van der Waals surface area contributed by atoms with Crippen molar-refractivity contribution in [2.45, 2.75) is 0 Å². The maximum Gasteiger partial charge on any atom is 0.135 e. The maximum atomic E-state index is 6.20. The lowest BCUT2D eigenvalue weighted by atomic mass is 9.91. The Morgan fingerprint density at radius 3 is 2.24 bits per heavy atom. The van der Waals surface area contributed by atoms with E-state index in [9.17, 15) is 0 Å². The van der Waals surface area contributed by atoms with E-state index in [4.69, 9.17) is 9.72 Å². The Kier molecular flexibility index (Phi) is 3.47. The number of para-hydroxylation sites is 1. The van der Waals surface area contributed by atoms with E-state index in [2.05, 4.69) is 35.3 Å². The Bertz CT molecular complexity index is 1380. The molecule has 3 heteroatoms. The first-order valence-corrected chi connectivity index (χ1v) is 9.60. The molecule has 0 unspecified atom stereocenters. The highest BCUT2D eigenvalue weighted by atomic mass is 16.5. The van der Waals surface area contributed by atoms with Crippen molar-refractivity contribution in [3.05, 3.63) is 97.2 Å². The van der Waals surface area contributed by atoms with Crippen molar-refractivity contribution in [2.24, 2.45) is 0 Å². The smallest absolute Gasteiger partial charge is 0.135 e. The number of nitrogens with zero attached hydrogens (tertiary/aromatic N) is 2. The molecule has 3 heterocycles. The fourth-order valence-corrected chi connectivity index (χ4v) is 4.05. The summed E-state index contributed by atoms with van der Waals surface area (Å²) in [4.78, 5) is 9.35. The van der Waals surface area contributed by atoms with Gasteiger partial charge in [-0.1, -0.05) is 48.5 Å². The van der Waals surface area contributed by atoms with Gasteiger partial charge in [-0.25, -0.2) is 4.98 Å². The molecule has 1 aliphatic rings. The number of fused-ring (bicyclic) bond motifs is 2. The molecule has 0 spiro atoms. The second-order valence-corrected chi connectivity index (χ2v) is 7.06. The van der Waals surface area contributed by atoms with Gasteiger partial charge < -0.3 is 4.74 Å². The van der Waals surface area contributed by atoms with Crippen molar-refractivity contribution < 1.29 is 4.74 Å². The normalized spacial score (nSPS) is 11.7. The Morgan fingerprint density at radius 1 is 0.517 bits per heavy atom. The molecule has 0 fully saturated rings. The van der Waals surface area contributed by atoms with Gasteiger partial charge in [0.2, 0.25) is 0 Å². The molecule has 29 heavy (non-hydrogen) atoms. The SMILES string of the molecule is c1ccc(-c2cccc(-c3ccc4c5c(cccc35)-c3ccccc3O4)n2)nc1. The van der Waals surface area contributed by atoms with E-state index in [0.717, 1.165) is 50.5 Å².